The third kappa shape index (κ3) is 2.93. The molecule has 0 aliphatic heterocycles. The van der Waals surface area contributed by atoms with E-state index in [-0.39, 0.29) is 6.61 Å². The zero-order valence-corrected chi connectivity index (χ0v) is 11.4. The third-order valence-electron chi connectivity index (χ3n) is 2.62. The van der Waals surface area contributed by atoms with Crippen molar-refractivity contribution in [2.24, 2.45) is 0 Å². The molecule has 0 saturated carbocycles. The predicted molar refractivity (Wildman–Crippen MR) is 72.2 cm³/mol. The van der Waals surface area contributed by atoms with E-state index in [0.717, 1.165) is 16.6 Å². The molecule has 0 aromatic carbocycles. The van der Waals surface area contributed by atoms with Crippen molar-refractivity contribution >= 4 is 17.0 Å². The molecule has 0 aliphatic rings. The Balaban J connectivity index is 2.50. The SMILES string of the molecule is CC(C)(C)OC(=O)n1c(CCO)cc2cnccc21. The van der Waals surface area contributed by atoms with Crippen molar-refractivity contribution in [2.45, 2.75) is 32.8 Å². The van der Waals surface area contributed by atoms with Gasteiger partial charge in [-0.05, 0) is 32.9 Å². The number of carbonyl (C=O) groups is 1. The summed E-state index contributed by atoms with van der Waals surface area (Å²) < 4.78 is 6.90. The van der Waals surface area contributed by atoms with Crippen LogP contribution in [0.15, 0.2) is 24.5 Å². The van der Waals surface area contributed by atoms with E-state index in [1.807, 2.05) is 26.8 Å². The first kappa shape index (κ1) is 13.5. The van der Waals surface area contributed by atoms with Gasteiger partial charge in [0.1, 0.15) is 5.60 Å². The maximum atomic E-state index is 12.3. The molecule has 0 bridgehead atoms. The van der Waals surface area contributed by atoms with Gasteiger partial charge in [-0.25, -0.2) is 9.36 Å². The first-order chi connectivity index (χ1) is 8.92. The molecule has 0 amide bonds. The number of ether oxygens (including phenoxy) is 1. The average molecular weight is 262 g/mol. The maximum absolute atomic E-state index is 12.3. The van der Waals surface area contributed by atoms with E-state index in [1.54, 1.807) is 18.5 Å². The number of carbonyl (C=O) groups excluding carboxylic acids is 1. The lowest BCUT2D eigenvalue weighted by Crippen LogP contribution is -2.28. The zero-order valence-electron chi connectivity index (χ0n) is 11.4. The van der Waals surface area contributed by atoms with E-state index < -0.39 is 11.7 Å². The molecule has 0 saturated heterocycles. The van der Waals surface area contributed by atoms with Crippen molar-refractivity contribution in [2.75, 3.05) is 6.61 Å². The highest BCUT2D eigenvalue weighted by Gasteiger charge is 2.21. The Morgan fingerprint density at radius 3 is 2.84 bits per heavy atom. The van der Waals surface area contributed by atoms with Gasteiger partial charge < -0.3 is 9.84 Å². The van der Waals surface area contributed by atoms with E-state index in [2.05, 4.69) is 4.98 Å². The smallest absolute Gasteiger partial charge is 0.419 e. The van der Waals surface area contributed by atoms with Gasteiger partial charge in [0, 0.05) is 36.5 Å². The van der Waals surface area contributed by atoms with Crippen LogP contribution in [0.5, 0.6) is 0 Å². The fourth-order valence-electron chi connectivity index (χ4n) is 1.93. The molecule has 1 N–H and O–H groups in total. The Hall–Kier alpha value is -1.88. The molecule has 2 aromatic heterocycles. The van der Waals surface area contributed by atoms with Gasteiger partial charge in [0.15, 0.2) is 0 Å². The maximum Gasteiger partial charge on any atom is 0.419 e. The minimum Gasteiger partial charge on any atom is -0.443 e. The number of hydrogen-bond donors (Lipinski definition) is 1. The molecule has 102 valence electrons. The summed E-state index contributed by atoms with van der Waals surface area (Å²) in [6.07, 6.45) is 3.29. The Kier molecular flexibility index (Phi) is 3.57. The molecule has 2 rings (SSSR count). The molecule has 0 unspecified atom stereocenters. The van der Waals surface area contributed by atoms with Gasteiger partial charge in [-0.2, -0.15) is 0 Å². The number of aliphatic hydroxyl groups excluding tert-OH is 1. The van der Waals surface area contributed by atoms with Crippen molar-refractivity contribution < 1.29 is 14.6 Å². The quantitative estimate of drug-likeness (QED) is 0.902. The van der Waals surface area contributed by atoms with Crippen molar-refractivity contribution in [1.82, 2.24) is 9.55 Å². The Morgan fingerprint density at radius 1 is 1.47 bits per heavy atom. The molecule has 5 nitrogen and oxygen atoms in total. The zero-order chi connectivity index (χ0) is 14.0. The van der Waals surface area contributed by atoms with Crippen LogP contribution in [-0.2, 0) is 11.2 Å². The average Bonchev–Trinajstić information content (AvgIpc) is 2.65. The second-order valence-corrected chi connectivity index (χ2v) is 5.36. The van der Waals surface area contributed by atoms with E-state index in [1.165, 1.54) is 4.57 Å². The lowest BCUT2D eigenvalue weighted by Gasteiger charge is -2.20. The molecule has 0 spiro atoms. The summed E-state index contributed by atoms with van der Waals surface area (Å²) in [4.78, 5) is 16.3. The van der Waals surface area contributed by atoms with E-state index in [4.69, 9.17) is 9.84 Å². The molecule has 0 aliphatic carbocycles. The molecule has 0 atom stereocenters. The lowest BCUT2D eigenvalue weighted by molar-refractivity contribution is 0.0539. The normalized spacial score (nSPS) is 11.8. The predicted octanol–water partition coefficient (Wildman–Crippen LogP) is 2.35. The summed E-state index contributed by atoms with van der Waals surface area (Å²) >= 11 is 0. The van der Waals surface area contributed by atoms with Gasteiger partial charge in [0.05, 0.1) is 5.52 Å². The highest BCUT2D eigenvalue weighted by Crippen LogP contribution is 2.21. The summed E-state index contributed by atoms with van der Waals surface area (Å²) in [6.45, 7) is 5.45. The second-order valence-electron chi connectivity index (χ2n) is 5.36. The number of pyridine rings is 1. The molecule has 2 aromatic rings. The highest BCUT2D eigenvalue weighted by atomic mass is 16.6. The van der Waals surface area contributed by atoms with Gasteiger partial charge in [0.25, 0.3) is 0 Å². The number of rotatable bonds is 2. The minimum atomic E-state index is -0.558. The summed E-state index contributed by atoms with van der Waals surface area (Å²) in [5.41, 5.74) is 0.907. The Morgan fingerprint density at radius 2 is 2.21 bits per heavy atom. The fourth-order valence-corrected chi connectivity index (χ4v) is 1.93. The van der Waals surface area contributed by atoms with Crippen LogP contribution in [0.25, 0.3) is 10.9 Å². The van der Waals surface area contributed by atoms with Crippen LogP contribution in [0.1, 0.15) is 26.5 Å². The van der Waals surface area contributed by atoms with Crippen LogP contribution in [0.4, 0.5) is 4.79 Å². The number of fused-ring (bicyclic) bond motifs is 1. The van der Waals surface area contributed by atoms with E-state index >= 15 is 0 Å². The van der Waals surface area contributed by atoms with Gasteiger partial charge in [-0.3, -0.25) is 4.98 Å². The summed E-state index contributed by atoms with van der Waals surface area (Å²) in [5.74, 6) is 0. The van der Waals surface area contributed by atoms with Crippen molar-refractivity contribution in [3.8, 4) is 0 Å². The van der Waals surface area contributed by atoms with Crippen LogP contribution in [0.3, 0.4) is 0 Å². The lowest BCUT2D eigenvalue weighted by atomic mass is 10.2. The van der Waals surface area contributed by atoms with Crippen LogP contribution < -0.4 is 0 Å². The molecule has 19 heavy (non-hydrogen) atoms. The summed E-state index contributed by atoms with van der Waals surface area (Å²) in [7, 11) is 0. The molecule has 0 fully saturated rings. The monoisotopic (exact) mass is 262 g/mol. The van der Waals surface area contributed by atoms with Gasteiger partial charge in [0.2, 0.25) is 0 Å². The van der Waals surface area contributed by atoms with Crippen LogP contribution in [0.2, 0.25) is 0 Å². The standard InChI is InChI=1S/C14H18N2O3/c1-14(2,3)19-13(18)16-11(5-7-17)8-10-9-15-6-4-12(10)16/h4,6,8-9,17H,5,7H2,1-3H3. The second kappa shape index (κ2) is 5.01. The first-order valence-corrected chi connectivity index (χ1v) is 6.21. The van der Waals surface area contributed by atoms with Crippen LogP contribution >= 0.6 is 0 Å². The van der Waals surface area contributed by atoms with Gasteiger partial charge in [-0.15, -0.1) is 0 Å². The van der Waals surface area contributed by atoms with Crippen LogP contribution in [0, 0.1) is 0 Å². The molecule has 0 radical (unpaired) electrons. The Bertz CT molecular complexity index is 596. The van der Waals surface area contributed by atoms with Crippen molar-refractivity contribution in [3.05, 3.63) is 30.2 Å². The third-order valence-corrected chi connectivity index (χ3v) is 2.62. The van der Waals surface area contributed by atoms with Crippen LogP contribution in [-0.4, -0.2) is 33.0 Å². The Labute approximate surface area is 111 Å². The number of aromatic nitrogens is 2. The summed E-state index contributed by atoms with van der Waals surface area (Å²) in [5, 5.41) is 9.96. The first-order valence-electron chi connectivity index (χ1n) is 6.21. The number of hydrogen-bond acceptors (Lipinski definition) is 4. The van der Waals surface area contributed by atoms with Gasteiger partial charge in [-0.1, -0.05) is 0 Å². The van der Waals surface area contributed by atoms with Crippen molar-refractivity contribution in [1.29, 1.82) is 0 Å². The van der Waals surface area contributed by atoms with Gasteiger partial charge >= 0.3 is 6.09 Å². The minimum absolute atomic E-state index is 0.0213. The largest absolute Gasteiger partial charge is 0.443 e. The molecular weight excluding hydrogens is 244 g/mol. The topological polar surface area (TPSA) is 64.3 Å². The molecular formula is C14H18N2O3. The number of aliphatic hydroxyl groups is 1. The molecule has 2 heterocycles. The molecule has 5 heteroatoms. The highest BCUT2D eigenvalue weighted by molar-refractivity contribution is 5.90. The van der Waals surface area contributed by atoms with Crippen molar-refractivity contribution in [3.63, 3.8) is 0 Å². The fraction of sp³-hybridized carbons (Fsp3) is 0.429. The summed E-state index contributed by atoms with van der Waals surface area (Å²) in [6, 6.07) is 3.61. The van der Waals surface area contributed by atoms with E-state index in [0.29, 0.717) is 6.42 Å². The van der Waals surface area contributed by atoms with E-state index in [9.17, 15) is 4.79 Å². The number of nitrogens with zero attached hydrogens (tertiary/aromatic N) is 2.